The Bertz CT molecular complexity index is 1010. The van der Waals surface area contributed by atoms with Gasteiger partial charge in [0.05, 0.1) is 31.1 Å². The first kappa shape index (κ1) is 21.8. The largest absolute Gasteiger partial charge is 0.495 e. The molecule has 0 aliphatic carbocycles. The van der Waals surface area contributed by atoms with Crippen LogP contribution in [0.25, 0.3) is 22.2 Å². The molecule has 0 saturated carbocycles. The molecule has 1 aromatic carbocycles. The van der Waals surface area contributed by atoms with Crippen molar-refractivity contribution in [2.45, 2.75) is 6.92 Å². The van der Waals surface area contributed by atoms with Gasteiger partial charge < -0.3 is 20.1 Å². The fraction of sp³-hybridized carbons (Fsp3) is 0.238. The van der Waals surface area contributed by atoms with E-state index in [1.54, 1.807) is 19.5 Å². The van der Waals surface area contributed by atoms with Gasteiger partial charge in [0.2, 0.25) is 5.91 Å². The molecule has 29 heavy (non-hydrogen) atoms. The van der Waals surface area contributed by atoms with Gasteiger partial charge in [-0.05, 0) is 56.9 Å². The second-order valence-corrected chi connectivity index (χ2v) is 6.56. The number of ether oxygens (including phenoxy) is 1. The minimum Gasteiger partial charge on any atom is -0.495 e. The first-order chi connectivity index (χ1) is 13.9. The summed E-state index contributed by atoms with van der Waals surface area (Å²) in [6, 6.07) is 9.68. The summed E-state index contributed by atoms with van der Waals surface area (Å²) in [6.07, 6.45) is 3.44. The third-order valence-electron chi connectivity index (χ3n) is 4.00. The fourth-order valence-corrected chi connectivity index (χ4v) is 2.78. The Morgan fingerprint density at radius 3 is 2.62 bits per heavy atom. The van der Waals surface area contributed by atoms with Gasteiger partial charge in [0.15, 0.2) is 0 Å². The van der Waals surface area contributed by atoms with Crippen molar-refractivity contribution in [1.82, 2.24) is 14.9 Å². The average molecular weight is 396 g/mol. The number of anilines is 1. The molecule has 0 spiro atoms. The molecule has 1 amide bonds. The van der Waals surface area contributed by atoms with Gasteiger partial charge in [-0.15, -0.1) is 0 Å². The quantitative estimate of drug-likeness (QED) is 0.639. The van der Waals surface area contributed by atoms with E-state index in [1.165, 1.54) is 0 Å². The number of amides is 1. The van der Waals surface area contributed by atoms with Gasteiger partial charge in [0, 0.05) is 22.8 Å². The summed E-state index contributed by atoms with van der Waals surface area (Å²) in [7, 11) is 5.35. The Kier molecular flexibility index (Phi) is 7.62. The van der Waals surface area contributed by atoms with E-state index in [4.69, 9.17) is 19.6 Å². The summed E-state index contributed by atoms with van der Waals surface area (Å²) >= 11 is 0. The maximum Gasteiger partial charge on any atom is 0.290 e. The zero-order valence-electron chi connectivity index (χ0n) is 16.8. The molecule has 0 aliphatic heterocycles. The summed E-state index contributed by atoms with van der Waals surface area (Å²) < 4.78 is 5.24. The summed E-state index contributed by atoms with van der Waals surface area (Å²) in [5.41, 5.74) is 4.46. The molecule has 2 N–H and O–H groups in total. The van der Waals surface area contributed by atoms with Crippen molar-refractivity contribution in [3.8, 4) is 17.0 Å². The number of methoxy groups -OCH3 is 1. The lowest BCUT2D eigenvalue weighted by Crippen LogP contribution is -2.27. The molecule has 2 aromatic heterocycles. The zero-order chi connectivity index (χ0) is 21.4. The van der Waals surface area contributed by atoms with Crippen molar-refractivity contribution in [2.24, 2.45) is 0 Å². The van der Waals surface area contributed by atoms with Crippen LogP contribution in [0.15, 0.2) is 42.7 Å². The Hall–Kier alpha value is -3.52. The van der Waals surface area contributed by atoms with Gasteiger partial charge in [0.1, 0.15) is 5.75 Å². The predicted molar refractivity (Wildman–Crippen MR) is 112 cm³/mol. The molecule has 3 rings (SSSR count). The standard InChI is InChI=1S/C20H22N4O2.CH2O2/c1-13-7-19(14-8-16(26-4)11-21-10-14)23-18-6-5-15(9-17(13)18)22-20(25)12-24(2)3;2-1-3/h5-11H,12H2,1-4H3,(H,22,25);1H,(H,2,3). The van der Waals surface area contributed by atoms with Crippen LogP contribution in [0.1, 0.15) is 5.56 Å². The molecule has 0 fully saturated rings. The van der Waals surface area contributed by atoms with E-state index in [1.807, 2.05) is 56.3 Å². The van der Waals surface area contributed by atoms with E-state index >= 15 is 0 Å². The zero-order valence-corrected chi connectivity index (χ0v) is 16.8. The van der Waals surface area contributed by atoms with Gasteiger partial charge in [0.25, 0.3) is 6.47 Å². The highest BCUT2D eigenvalue weighted by Crippen LogP contribution is 2.27. The summed E-state index contributed by atoms with van der Waals surface area (Å²) in [5.74, 6) is 0.653. The number of hydrogen-bond donors (Lipinski definition) is 2. The molecule has 8 heteroatoms. The number of fused-ring (bicyclic) bond motifs is 1. The number of rotatable bonds is 5. The third kappa shape index (κ3) is 5.98. The van der Waals surface area contributed by atoms with Crippen LogP contribution in [0, 0.1) is 6.92 Å². The number of nitrogens with one attached hydrogen (secondary N) is 1. The average Bonchev–Trinajstić information content (AvgIpc) is 2.68. The Morgan fingerprint density at radius 1 is 1.24 bits per heavy atom. The van der Waals surface area contributed by atoms with Gasteiger partial charge in [-0.3, -0.25) is 14.6 Å². The minimum absolute atomic E-state index is 0.0426. The highest BCUT2D eigenvalue weighted by Gasteiger charge is 2.09. The monoisotopic (exact) mass is 396 g/mol. The molecule has 3 aromatic rings. The third-order valence-corrected chi connectivity index (χ3v) is 4.00. The van der Waals surface area contributed by atoms with E-state index in [9.17, 15) is 4.79 Å². The normalized spacial score (nSPS) is 10.2. The molecule has 0 radical (unpaired) electrons. The van der Waals surface area contributed by atoms with Crippen LogP contribution in [-0.4, -0.2) is 60.1 Å². The Labute approximate surface area is 169 Å². The van der Waals surface area contributed by atoms with Crippen LogP contribution < -0.4 is 10.1 Å². The Balaban J connectivity index is 0.000000941. The molecule has 0 saturated heterocycles. The summed E-state index contributed by atoms with van der Waals surface area (Å²) in [5, 5.41) is 10.8. The number of aryl methyl sites for hydroxylation is 1. The van der Waals surface area contributed by atoms with Crippen LogP contribution in [0.2, 0.25) is 0 Å². The van der Waals surface area contributed by atoms with Crippen LogP contribution in [0.4, 0.5) is 5.69 Å². The van der Waals surface area contributed by atoms with Gasteiger partial charge in [-0.25, -0.2) is 4.98 Å². The van der Waals surface area contributed by atoms with Crippen molar-refractivity contribution >= 4 is 29.0 Å². The van der Waals surface area contributed by atoms with Crippen molar-refractivity contribution < 1.29 is 19.4 Å². The van der Waals surface area contributed by atoms with Crippen molar-refractivity contribution in [2.75, 3.05) is 33.1 Å². The number of carbonyl (C=O) groups is 2. The molecular formula is C21H24N4O4. The SMILES string of the molecule is COc1cncc(-c2cc(C)c3cc(NC(=O)CN(C)C)ccc3n2)c1.O=CO. The first-order valence-corrected chi connectivity index (χ1v) is 8.81. The molecule has 0 aliphatic rings. The molecule has 0 atom stereocenters. The number of nitrogens with zero attached hydrogens (tertiary/aromatic N) is 3. The molecule has 0 bridgehead atoms. The first-order valence-electron chi connectivity index (χ1n) is 8.81. The number of aromatic nitrogens is 2. The highest BCUT2D eigenvalue weighted by atomic mass is 16.5. The van der Waals surface area contributed by atoms with Crippen molar-refractivity contribution in [1.29, 1.82) is 0 Å². The summed E-state index contributed by atoms with van der Waals surface area (Å²) in [4.78, 5) is 31.1. The van der Waals surface area contributed by atoms with E-state index in [0.29, 0.717) is 12.3 Å². The lowest BCUT2D eigenvalue weighted by molar-refractivity contribution is -0.123. The number of carboxylic acid groups (broad SMARTS) is 1. The second-order valence-electron chi connectivity index (χ2n) is 6.56. The van der Waals surface area contributed by atoms with Gasteiger partial charge >= 0.3 is 0 Å². The van der Waals surface area contributed by atoms with Crippen LogP contribution in [0.5, 0.6) is 5.75 Å². The van der Waals surface area contributed by atoms with Crippen LogP contribution in [0.3, 0.4) is 0 Å². The number of benzene rings is 1. The lowest BCUT2D eigenvalue weighted by atomic mass is 10.1. The van der Waals surface area contributed by atoms with E-state index in [2.05, 4.69) is 10.3 Å². The van der Waals surface area contributed by atoms with Crippen molar-refractivity contribution in [3.05, 3.63) is 48.3 Å². The highest BCUT2D eigenvalue weighted by molar-refractivity contribution is 5.95. The van der Waals surface area contributed by atoms with Crippen LogP contribution >= 0.6 is 0 Å². The molecule has 0 unspecified atom stereocenters. The maximum atomic E-state index is 12.0. The van der Waals surface area contributed by atoms with Gasteiger partial charge in [-0.1, -0.05) is 0 Å². The number of likely N-dealkylation sites (N-methyl/N-ethyl adjacent to an activating group) is 1. The van der Waals surface area contributed by atoms with Crippen LogP contribution in [-0.2, 0) is 9.59 Å². The van der Waals surface area contributed by atoms with E-state index in [0.717, 1.165) is 33.4 Å². The smallest absolute Gasteiger partial charge is 0.290 e. The lowest BCUT2D eigenvalue weighted by Gasteiger charge is -2.12. The molecule has 8 nitrogen and oxygen atoms in total. The number of carbonyl (C=O) groups excluding carboxylic acids is 1. The number of pyridine rings is 2. The van der Waals surface area contributed by atoms with Gasteiger partial charge in [-0.2, -0.15) is 0 Å². The summed E-state index contributed by atoms with van der Waals surface area (Å²) in [6.45, 7) is 2.13. The molecule has 2 heterocycles. The predicted octanol–water partition coefficient (Wildman–Crippen LogP) is 2.81. The van der Waals surface area contributed by atoms with Crippen molar-refractivity contribution in [3.63, 3.8) is 0 Å². The molecular weight excluding hydrogens is 372 g/mol. The second kappa shape index (κ2) is 10.1. The fourth-order valence-electron chi connectivity index (χ4n) is 2.78. The maximum absolute atomic E-state index is 12.0. The minimum atomic E-state index is -0.250. The number of hydrogen-bond acceptors (Lipinski definition) is 6. The topological polar surface area (TPSA) is 105 Å². The Morgan fingerprint density at radius 2 is 1.97 bits per heavy atom. The van der Waals surface area contributed by atoms with E-state index in [-0.39, 0.29) is 12.4 Å². The van der Waals surface area contributed by atoms with E-state index < -0.39 is 0 Å². The molecule has 152 valence electrons.